The van der Waals surface area contributed by atoms with Gasteiger partial charge in [-0.15, -0.1) is 0 Å². The van der Waals surface area contributed by atoms with Crippen molar-refractivity contribution in [1.82, 2.24) is 5.32 Å². The molecule has 64 valence electrons. The van der Waals surface area contributed by atoms with Crippen LogP contribution in [0.25, 0.3) is 0 Å². The molecule has 0 heterocycles. The molecular formula is C8H9ClN2O. The number of phenols is 1. The third kappa shape index (κ3) is 2.13. The highest BCUT2D eigenvalue weighted by Gasteiger charge is 1.97. The van der Waals surface area contributed by atoms with Gasteiger partial charge in [0.25, 0.3) is 0 Å². The molecule has 0 unspecified atom stereocenters. The van der Waals surface area contributed by atoms with Crippen LogP contribution in [0.1, 0.15) is 0 Å². The first-order valence-corrected chi connectivity index (χ1v) is 3.80. The molecule has 12 heavy (non-hydrogen) atoms. The smallest absolute Gasteiger partial charge is 0.141 e. The molecule has 2 N–H and O–H groups in total. The van der Waals surface area contributed by atoms with E-state index < -0.39 is 0 Å². The fraction of sp³-hybridized carbons (Fsp3) is 0.125. The topological polar surface area (TPSA) is 44.6 Å². The van der Waals surface area contributed by atoms with E-state index in [-0.39, 0.29) is 5.75 Å². The van der Waals surface area contributed by atoms with Gasteiger partial charge in [-0.1, -0.05) is 11.6 Å². The molecule has 0 atom stereocenters. The van der Waals surface area contributed by atoms with Crippen molar-refractivity contribution in [2.24, 2.45) is 4.99 Å². The molecule has 0 saturated carbocycles. The summed E-state index contributed by atoms with van der Waals surface area (Å²) in [6.07, 6.45) is 1.48. The molecule has 1 aromatic rings. The number of phenolic OH excluding ortho intramolecular Hbond substituents is 1. The second kappa shape index (κ2) is 3.97. The molecule has 1 rings (SSSR count). The Kier molecular flexibility index (Phi) is 2.94. The van der Waals surface area contributed by atoms with Crippen molar-refractivity contribution >= 4 is 23.6 Å². The highest BCUT2D eigenvalue weighted by molar-refractivity contribution is 6.30. The van der Waals surface area contributed by atoms with Crippen LogP contribution in [0.2, 0.25) is 5.02 Å². The maximum absolute atomic E-state index is 9.26. The minimum Gasteiger partial charge on any atom is -0.506 e. The van der Waals surface area contributed by atoms with Crippen LogP contribution in [0.5, 0.6) is 5.75 Å². The number of halogens is 1. The van der Waals surface area contributed by atoms with E-state index in [1.807, 2.05) is 0 Å². The highest BCUT2D eigenvalue weighted by Crippen LogP contribution is 2.28. The minimum atomic E-state index is 0.117. The molecule has 0 amide bonds. The van der Waals surface area contributed by atoms with E-state index in [1.165, 1.54) is 12.4 Å². The summed E-state index contributed by atoms with van der Waals surface area (Å²) >= 11 is 5.69. The largest absolute Gasteiger partial charge is 0.506 e. The average Bonchev–Trinajstić information content (AvgIpc) is 2.07. The number of hydrogen-bond acceptors (Lipinski definition) is 2. The van der Waals surface area contributed by atoms with E-state index in [0.29, 0.717) is 10.7 Å². The van der Waals surface area contributed by atoms with Gasteiger partial charge in [-0.2, -0.15) is 0 Å². The number of aromatic hydroxyl groups is 1. The van der Waals surface area contributed by atoms with Crippen molar-refractivity contribution in [3.05, 3.63) is 23.2 Å². The Morgan fingerprint density at radius 1 is 1.58 bits per heavy atom. The minimum absolute atomic E-state index is 0.117. The monoisotopic (exact) mass is 184 g/mol. The lowest BCUT2D eigenvalue weighted by Gasteiger charge is -1.97. The molecule has 0 spiro atoms. The summed E-state index contributed by atoms with van der Waals surface area (Å²) < 4.78 is 0. The zero-order valence-corrected chi connectivity index (χ0v) is 7.34. The molecule has 4 heteroatoms. The van der Waals surface area contributed by atoms with Gasteiger partial charge in [0.1, 0.15) is 11.4 Å². The van der Waals surface area contributed by atoms with Gasteiger partial charge in [0, 0.05) is 12.1 Å². The Balaban J connectivity index is 2.97. The zero-order valence-electron chi connectivity index (χ0n) is 6.58. The van der Waals surface area contributed by atoms with E-state index in [9.17, 15) is 5.11 Å². The van der Waals surface area contributed by atoms with Crippen LogP contribution < -0.4 is 5.32 Å². The van der Waals surface area contributed by atoms with Gasteiger partial charge in [0.2, 0.25) is 0 Å². The Morgan fingerprint density at radius 2 is 2.33 bits per heavy atom. The zero-order chi connectivity index (χ0) is 8.97. The van der Waals surface area contributed by atoms with E-state index in [0.717, 1.165) is 0 Å². The summed E-state index contributed by atoms with van der Waals surface area (Å²) in [5, 5.41) is 12.5. The van der Waals surface area contributed by atoms with Crippen molar-refractivity contribution < 1.29 is 5.11 Å². The quantitative estimate of drug-likeness (QED) is 0.545. The SMILES string of the molecule is CN/C=N/c1cc(Cl)ccc1O. The normalized spacial score (nSPS) is 10.5. The van der Waals surface area contributed by atoms with Crippen molar-refractivity contribution in [3.63, 3.8) is 0 Å². The summed E-state index contributed by atoms with van der Waals surface area (Å²) in [5.74, 6) is 0.117. The highest BCUT2D eigenvalue weighted by atomic mass is 35.5. The summed E-state index contributed by atoms with van der Waals surface area (Å²) in [6.45, 7) is 0. The fourth-order valence-electron chi connectivity index (χ4n) is 0.734. The molecule has 3 nitrogen and oxygen atoms in total. The predicted molar refractivity (Wildman–Crippen MR) is 50.3 cm³/mol. The van der Waals surface area contributed by atoms with Crippen LogP contribution in [-0.4, -0.2) is 18.5 Å². The molecular weight excluding hydrogens is 176 g/mol. The van der Waals surface area contributed by atoms with E-state index >= 15 is 0 Å². The molecule has 0 aliphatic heterocycles. The van der Waals surface area contributed by atoms with Crippen LogP contribution in [0.15, 0.2) is 23.2 Å². The van der Waals surface area contributed by atoms with E-state index in [2.05, 4.69) is 10.3 Å². The molecule has 0 aliphatic rings. The number of aliphatic imine (C=N–C) groups is 1. The number of rotatable bonds is 2. The van der Waals surface area contributed by atoms with Gasteiger partial charge in [0.15, 0.2) is 0 Å². The maximum atomic E-state index is 9.26. The number of hydrogen-bond donors (Lipinski definition) is 2. The third-order valence-corrected chi connectivity index (χ3v) is 1.51. The van der Waals surface area contributed by atoms with Gasteiger partial charge in [-0.05, 0) is 18.2 Å². The summed E-state index contributed by atoms with van der Waals surface area (Å²) in [6, 6.07) is 4.70. The number of nitrogens with zero attached hydrogens (tertiary/aromatic N) is 1. The second-order valence-electron chi connectivity index (χ2n) is 2.18. The molecule has 0 aromatic heterocycles. The molecule has 0 bridgehead atoms. The molecule has 0 radical (unpaired) electrons. The first-order chi connectivity index (χ1) is 5.74. The first-order valence-electron chi connectivity index (χ1n) is 3.42. The van der Waals surface area contributed by atoms with Crippen LogP contribution in [-0.2, 0) is 0 Å². The number of nitrogens with one attached hydrogen (secondary N) is 1. The number of benzene rings is 1. The van der Waals surface area contributed by atoms with Crippen LogP contribution in [0.3, 0.4) is 0 Å². The Bertz CT molecular complexity index is 299. The third-order valence-electron chi connectivity index (χ3n) is 1.27. The lowest BCUT2D eigenvalue weighted by atomic mass is 10.3. The lowest BCUT2D eigenvalue weighted by molar-refractivity contribution is 0.477. The van der Waals surface area contributed by atoms with Crippen molar-refractivity contribution in [1.29, 1.82) is 0 Å². The molecule has 0 fully saturated rings. The average molecular weight is 185 g/mol. The van der Waals surface area contributed by atoms with Gasteiger partial charge >= 0.3 is 0 Å². The van der Waals surface area contributed by atoms with Gasteiger partial charge < -0.3 is 10.4 Å². The van der Waals surface area contributed by atoms with Crippen molar-refractivity contribution in [2.45, 2.75) is 0 Å². The van der Waals surface area contributed by atoms with Crippen molar-refractivity contribution in [3.8, 4) is 5.75 Å². The van der Waals surface area contributed by atoms with Gasteiger partial charge in [0.05, 0.1) is 6.34 Å². The van der Waals surface area contributed by atoms with Crippen LogP contribution in [0, 0.1) is 0 Å². The Labute approximate surface area is 75.7 Å². The molecule has 0 aliphatic carbocycles. The Hall–Kier alpha value is -1.22. The molecule has 1 aromatic carbocycles. The summed E-state index contributed by atoms with van der Waals surface area (Å²) in [5.41, 5.74) is 0.455. The van der Waals surface area contributed by atoms with Gasteiger partial charge in [-0.3, -0.25) is 0 Å². The second-order valence-corrected chi connectivity index (χ2v) is 2.62. The fourth-order valence-corrected chi connectivity index (χ4v) is 0.900. The van der Waals surface area contributed by atoms with Crippen LogP contribution >= 0.6 is 11.6 Å². The van der Waals surface area contributed by atoms with Crippen molar-refractivity contribution in [2.75, 3.05) is 7.05 Å². The van der Waals surface area contributed by atoms with Gasteiger partial charge in [-0.25, -0.2) is 4.99 Å². The summed E-state index contributed by atoms with van der Waals surface area (Å²) in [4.78, 5) is 3.91. The molecule has 0 saturated heterocycles. The summed E-state index contributed by atoms with van der Waals surface area (Å²) in [7, 11) is 1.73. The van der Waals surface area contributed by atoms with E-state index in [1.54, 1.807) is 19.2 Å². The maximum Gasteiger partial charge on any atom is 0.141 e. The predicted octanol–water partition coefficient (Wildman–Crippen LogP) is 1.92. The first kappa shape index (κ1) is 8.87. The lowest BCUT2D eigenvalue weighted by Crippen LogP contribution is -1.99. The Morgan fingerprint density at radius 3 is 3.00 bits per heavy atom. The standard InChI is InChI=1S/C8H9ClN2O/c1-10-5-11-7-4-6(9)2-3-8(7)12/h2-5,12H,1H3,(H,10,11). The van der Waals surface area contributed by atoms with E-state index in [4.69, 9.17) is 11.6 Å². The van der Waals surface area contributed by atoms with Crippen LogP contribution in [0.4, 0.5) is 5.69 Å².